The first-order chi connectivity index (χ1) is 14.8. The van der Waals surface area contributed by atoms with Gasteiger partial charge in [0.05, 0.1) is 22.9 Å². The molecule has 9 nitrogen and oxygen atoms in total. The van der Waals surface area contributed by atoms with Gasteiger partial charge in [-0.15, -0.1) is 0 Å². The number of nitrogens with one attached hydrogen (secondary N) is 1. The number of fused-ring (bicyclic) bond motifs is 1. The third-order valence-corrected chi connectivity index (χ3v) is 4.99. The Labute approximate surface area is 177 Å². The lowest BCUT2D eigenvalue weighted by Gasteiger charge is -2.21. The molecule has 1 heterocycles. The molecule has 0 saturated heterocycles. The molecule has 0 spiro atoms. The highest BCUT2D eigenvalue weighted by atomic mass is 16.4. The van der Waals surface area contributed by atoms with Crippen LogP contribution >= 0.6 is 0 Å². The standard InChI is InChI=1S/C22H21N3O6/c23-16(19(27)24-17(22(30)31)9-5-11-26)12-13-6-1-4-10-18(13)25-20(28)14-7-2-3-8-15(14)21(25)29/h1-4,6-8,10-11,16-17H,5,9,12,23H2,(H,24,27)(H,30,31)/t16?,17-/m0/s1. The zero-order chi connectivity index (χ0) is 22.5. The second-order valence-corrected chi connectivity index (χ2v) is 7.07. The Balaban J connectivity index is 1.79. The summed E-state index contributed by atoms with van der Waals surface area (Å²) < 4.78 is 0. The zero-order valence-electron chi connectivity index (χ0n) is 16.5. The van der Waals surface area contributed by atoms with Gasteiger partial charge in [0.15, 0.2) is 0 Å². The number of carbonyl (C=O) groups is 5. The van der Waals surface area contributed by atoms with E-state index in [9.17, 15) is 29.1 Å². The Morgan fingerprint density at radius 2 is 1.61 bits per heavy atom. The highest BCUT2D eigenvalue weighted by Crippen LogP contribution is 2.31. The van der Waals surface area contributed by atoms with Crippen LogP contribution in [0, 0.1) is 0 Å². The largest absolute Gasteiger partial charge is 0.480 e. The number of carboxylic acids is 1. The summed E-state index contributed by atoms with van der Waals surface area (Å²) in [5, 5.41) is 11.5. The predicted octanol–water partition coefficient (Wildman–Crippen LogP) is 0.905. The number of aliphatic carboxylic acids is 1. The summed E-state index contributed by atoms with van der Waals surface area (Å²) in [6.07, 6.45) is 0.466. The first-order valence-electron chi connectivity index (χ1n) is 9.63. The minimum atomic E-state index is -1.27. The van der Waals surface area contributed by atoms with Crippen molar-refractivity contribution in [2.45, 2.75) is 31.3 Å². The quantitative estimate of drug-likeness (QED) is 0.401. The maximum atomic E-state index is 12.8. The van der Waals surface area contributed by atoms with Crippen LogP contribution in [0.4, 0.5) is 5.69 Å². The van der Waals surface area contributed by atoms with Crippen molar-refractivity contribution in [2.24, 2.45) is 5.73 Å². The van der Waals surface area contributed by atoms with Crippen LogP contribution in [0.25, 0.3) is 0 Å². The molecule has 2 atom stereocenters. The third-order valence-electron chi connectivity index (χ3n) is 4.99. The summed E-state index contributed by atoms with van der Waals surface area (Å²) in [6.45, 7) is 0. The van der Waals surface area contributed by atoms with Crippen LogP contribution < -0.4 is 16.0 Å². The molecule has 0 fully saturated rings. The van der Waals surface area contributed by atoms with Gasteiger partial charge in [0.25, 0.3) is 11.8 Å². The van der Waals surface area contributed by atoms with Crippen molar-refractivity contribution in [3.63, 3.8) is 0 Å². The van der Waals surface area contributed by atoms with Gasteiger partial charge in [-0.1, -0.05) is 30.3 Å². The number of carbonyl (C=O) groups excluding carboxylic acids is 4. The van der Waals surface area contributed by atoms with Gasteiger partial charge in [-0.2, -0.15) is 0 Å². The number of benzene rings is 2. The number of aldehydes is 1. The van der Waals surface area contributed by atoms with E-state index in [1.54, 1.807) is 48.5 Å². The summed E-state index contributed by atoms with van der Waals surface area (Å²) in [6, 6.07) is 10.7. The van der Waals surface area contributed by atoms with Crippen molar-refractivity contribution in [1.29, 1.82) is 0 Å². The molecule has 3 amide bonds. The minimum Gasteiger partial charge on any atom is -0.480 e. The number of para-hydroxylation sites is 1. The number of carboxylic acid groups (broad SMARTS) is 1. The van der Waals surface area contributed by atoms with Crippen LogP contribution in [0.1, 0.15) is 39.1 Å². The first kappa shape index (κ1) is 21.8. The molecule has 2 aromatic rings. The second kappa shape index (κ2) is 9.31. The van der Waals surface area contributed by atoms with Crippen molar-refractivity contribution in [1.82, 2.24) is 5.32 Å². The average molecular weight is 423 g/mol. The van der Waals surface area contributed by atoms with E-state index in [0.717, 1.165) is 4.90 Å². The number of imide groups is 1. The minimum absolute atomic E-state index is 0.0188. The first-order valence-corrected chi connectivity index (χ1v) is 9.63. The number of rotatable bonds is 9. The molecule has 0 aliphatic carbocycles. The van der Waals surface area contributed by atoms with Crippen molar-refractivity contribution >= 4 is 35.7 Å². The Hall–Kier alpha value is -3.85. The Morgan fingerprint density at radius 3 is 2.19 bits per heavy atom. The Kier molecular flexibility index (Phi) is 6.56. The molecule has 1 aliphatic heterocycles. The van der Waals surface area contributed by atoms with E-state index in [-0.39, 0.29) is 19.3 Å². The molecule has 3 rings (SSSR count). The van der Waals surface area contributed by atoms with Crippen LogP contribution in [-0.4, -0.2) is 47.2 Å². The van der Waals surface area contributed by atoms with Gasteiger partial charge in [0, 0.05) is 6.42 Å². The third kappa shape index (κ3) is 4.51. The number of amides is 3. The molecule has 31 heavy (non-hydrogen) atoms. The molecule has 0 radical (unpaired) electrons. The SMILES string of the molecule is NC(Cc1ccccc1N1C(=O)c2ccccc2C1=O)C(=O)N[C@@H](CCC=O)C(=O)O. The molecular weight excluding hydrogens is 402 g/mol. The number of nitrogens with zero attached hydrogens (tertiary/aromatic N) is 1. The molecule has 2 aromatic carbocycles. The fourth-order valence-corrected chi connectivity index (χ4v) is 3.41. The Morgan fingerprint density at radius 1 is 1.03 bits per heavy atom. The van der Waals surface area contributed by atoms with Crippen molar-refractivity contribution in [3.8, 4) is 0 Å². The lowest BCUT2D eigenvalue weighted by Crippen LogP contribution is -2.49. The van der Waals surface area contributed by atoms with E-state index in [1.165, 1.54) is 0 Å². The van der Waals surface area contributed by atoms with Gasteiger partial charge in [-0.3, -0.25) is 14.4 Å². The van der Waals surface area contributed by atoms with Crippen LogP contribution in [0.2, 0.25) is 0 Å². The normalized spacial score (nSPS) is 14.7. The molecule has 1 aliphatic rings. The maximum absolute atomic E-state index is 12.8. The lowest BCUT2D eigenvalue weighted by atomic mass is 10.0. The Bertz CT molecular complexity index is 1020. The van der Waals surface area contributed by atoms with E-state index in [2.05, 4.69) is 5.32 Å². The molecule has 160 valence electrons. The summed E-state index contributed by atoms with van der Waals surface area (Å²) in [7, 11) is 0. The zero-order valence-corrected chi connectivity index (χ0v) is 16.5. The number of nitrogens with two attached hydrogens (primary N) is 1. The summed E-state index contributed by atoms with van der Waals surface area (Å²) >= 11 is 0. The van der Waals surface area contributed by atoms with Crippen LogP contribution in [0.5, 0.6) is 0 Å². The maximum Gasteiger partial charge on any atom is 0.326 e. The van der Waals surface area contributed by atoms with Crippen molar-refractivity contribution < 1.29 is 29.1 Å². The van der Waals surface area contributed by atoms with Gasteiger partial charge < -0.3 is 21.0 Å². The van der Waals surface area contributed by atoms with Crippen LogP contribution in [0.3, 0.4) is 0 Å². The van der Waals surface area contributed by atoms with E-state index in [1.807, 2.05) is 0 Å². The van der Waals surface area contributed by atoms with Crippen LogP contribution in [0.15, 0.2) is 48.5 Å². The van der Waals surface area contributed by atoms with Crippen LogP contribution in [-0.2, 0) is 20.8 Å². The van der Waals surface area contributed by atoms with E-state index in [4.69, 9.17) is 5.73 Å². The second-order valence-electron chi connectivity index (χ2n) is 7.07. The van der Waals surface area contributed by atoms with Crippen molar-refractivity contribution in [2.75, 3.05) is 4.90 Å². The smallest absolute Gasteiger partial charge is 0.326 e. The monoisotopic (exact) mass is 423 g/mol. The molecule has 1 unspecified atom stereocenters. The van der Waals surface area contributed by atoms with Gasteiger partial charge in [0.1, 0.15) is 12.3 Å². The van der Waals surface area contributed by atoms with E-state index < -0.39 is 35.8 Å². The van der Waals surface area contributed by atoms with Crippen molar-refractivity contribution in [3.05, 3.63) is 65.2 Å². The summed E-state index contributed by atoms with van der Waals surface area (Å²) in [5.41, 5.74) is 7.37. The summed E-state index contributed by atoms with van der Waals surface area (Å²) in [4.78, 5) is 60.9. The summed E-state index contributed by atoms with van der Waals surface area (Å²) in [5.74, 6) is -2.92. The number of anilines is 1. The topological polar surface area (TPSA) is 147 Å². The molecule has 4 N–H and O–H groups in total. The lowest BCUT2D eigenvalue weighted by molar-refractivity contribution is -0.142. The van der Waals surface area contributed by atoms with Gasteiger partial charge in [0.2, 0.25) is 5.91 Å². The van der Waals surface area contributed by atoms with Gasteiger partial charge >= 0.3 is 5.97 Å². The van der Waals surface area contributed by atoms with Gasteiger partial charge in [-0.25, -0.2) is 9.69 Å². The van der Waals surface area contributed by atoms with E-state index >= 15 is 0 Å². The molecule has 0 bridgehead atoms. The average Bonchev–Trinajstić information content (AvgIpc) is 3.01. The molecule has 0 aromatic heterocycles. The number of hydrogen-bond donors (Lipinski definition) is 3. The number of hydrogen-bond acceptors (Lipinski definition) is 6. The molecular formula is C22H21N3O6. The fraction of sp³-hybridized carbons (Fsp3) is 0.227. The molecule has 0 saturated carbocycles. The highest BCUT2D eigenvalue weighted by Gasteiger charge is 2.37. The molecule has 9 heteroatoms. The predicted molar refractivity (Wildman–Crippen MR) is 111 cm³/mol. The van der Waals surface area contributed by atoms with E-state index in [0.29, 0.717) is 28.7 Å². The fourth-order valence-electron chi connectivity index (χ4n) is 3.41. The van der Waals surface area contributed by atoms with Gasteiger partial charge in [-0.05, 0) is 36.6 Å². The highest BCUT2D eigenvalue weighted by molar-refractivity contribution is 6.34.